The van der Waals surface area contributed by atoms with Gasteiger partial charge in [0.25, 0.3) is 5.91 Å². The lowest BCUT2D eigenvalue weighted by Gasteiger charge is -2.35. The summed E-state index contributed by atoms with van der Waals surface area (Å²) in [6.45, 7) is 4.98. The largest absolute Gasteiger partial charge is 0.454 e. The van der Waals surface area contributed by atoms with E-state index in [4.69, 9.17) is 9.47 Å². The first-order chi connectivity index (χ1) is 14.1. The minimum Gasteiger partial charge on any atom is -0.454 e. The molecule has 1 unspecified atom stereocenters. The van der Waals surface area contributed by atoms with Gasteiger partial charge in [-0.3, -0.25) is 4.79 Å². The molecule has 1 atom stereocenters. The van der Waals surface area contributed by atoms with Crippen molar-refractivity contribution < 1.29 is 14.3 Å². The van der Waals surface area contributed by atoms with Crippen LogP contribution in [0.25, 0.3) is 0 Å². The van der Waals surface area contributed by atoms with Crippen LogP contribution in [0.2, 0.25) is 0 Å². The number of amides is 1. The van der Waals surface area contributed by atoms with Crippen LogP contribution in [0.1, 0.15) is 39.5 Å². The van der Waals surface area contributed by atoms with E-state index in [0.29, 0.717) is 23.1 Å². The maximum absolute atomic E-state index is 13.3. The molecular weight excluding hydrogens is 386 g/mol. The molecule has 3 heterocycles. The molecule has 1 aromatic heterocycles. The second-order valence-electron chi connectivity index (χ2n) is 7.24. The minimum absolute atomic E-state index is 0.0144. The van der Waals surface area contributed by atoms with Crippen LogP contribution in [0.15, 0.2) is 42.5 Å². The molecule has 6 nitrogen and oxygen atoms in total. The lowest BCUT2D eigenvalue weighted by atomic mass is 9.93. The Morgan fingerprint density at radius 3 is 2.93 bits per heavy atom. The summed E-state index contributed by atoms with van der Waals surface area (Å²) in [6.07, 6.45) is 0.873. The average Bonchev–Trinajstić information content (AvgIpc) is 3.34. The molecule has 0 aliphatic carbocycles. The number of ether oxygens (including phenoxy) is 2. The summed E-state index contributed by atoms with van der Waals surface area (Å²) in [4.78, 5) is 20.7. The maximum Gasteiger partial charge on any atom is 0.274 e. The predicted octanol–water partition coefficient (Wildman–Crippen LogP) is 4.68. The highest BCUT2D eigenvalue weighted by molar-refractivity contribution is 7.15. The van der Waals surface area contributed by atoms with Gasteiger partial charge in [-0.2, -0.15) is 0 Å². The predicted molar refractivity (Wildman–Crippen MR) is 112 cm³/mol. The highest BCUT2D eigenvalue weighted by atomic mass is 32.1. The molecule has 148 valence electrons. The van der Waals surface area contributed by atoms with E-state index in [9.17, 15) is 4.79 Å². The van der Waals surface area contributed by atoms with Crippen LogP contribution in [0.5, 0.6) is 11.5 Å². The number of benzene rings is 2. The van der Waals surface area contributed by atoms with E-state index < -0.39 is 0 Å². The van der Waals surface area contributed by atoms with E-state index in [-0.39, 0.29) is 18.7 Å². The Hall–Kier alpha value is -3.06. The van der Waals surface area contributed by atoms with Crippen LogP contribution in [-0.4, -0.2) is 29.1 Å². The van der Waals surface area contributed by atoms with Gasteiger partial charge in [0.15, 0.2) is 16.6 Å². The van der Waals surface area contributed by atoms with Gasteiger partial charge in [-0.1, -0.05) is 24.3 Å². The van der Waals surface area contributed by atoms with Gasteiger partial charge in [0.2, 0.25) is 6.79 Å². The van der Waals surface area contributed by atoms with Gasteiger partial charge in [-0.15, -0.1) is 11.3 Å². The molecule has 29 heavy (non-hydrogen) atoms. The third-order valence-corrected chi connectivity index (χ3v) is 6.36. The summed E-state index contributed by atoms with van der Waals surface area (Å²) in [5.74, 6) is 1.43. The van der Waals surface area contributed by atoms with Gasteiger partial charge in [0.05, 0.1) is 6.04 Å². The molecule has 0 bridgehead atoms. The number of carbonyl (C=O) groups excluding carboxylic acids is 1. The summed E-state index contributed by atoms with van der Waals surface area (Å²) in [5, 5.41) is 3.97. The molecule has 1 amide bonds. The van der Waals surface area contributed by atoms with Crippen LogP contribution in [0.4, 0.5) is 10.8 Å². The third-order valence-electron chi connectivity index (χ3n) is 5.48. The third kappa shape index (κ3) is 3.21. The lowest BCUT2D eigenvalue weighted by Crippen LogP contribution is -2.39. The molecule has 5 rings (SSSR count). The Labute approximate surface area is 173 Å². The number of anilines is 2. The zero-order valence-corrected chi connectivity index (χ0v) is 17.1. The molecule has 7 heteroatoms. The van der Waals surface area contributed by atoms with E-state index >= 15 is 0 Å². The summed E-state index contributed by atoms with van der Waals surface area (Å²) in [5.41, 5.74) is 3.91. The quantitative estimate of drug-likeness (QED) is 0.683. The summed E-state index contributed by atoms with van der Waals surface area (Å²) in [7, 11) is 0. The van der Waals surface area contributed by atoms with E-state index in [1.54, 1.807) is 0 Å². The van der Waals surface area contributed by atoms with Gasteiger partial charge in [0, 0.05) is 23.2 Å². The number of hydrogen-bond acceptors (Lipinski definition) is 6. The molecule has 2 aromatic carbocycles. The number of nitrogens with one attached hydrogen (secondary N) is 1. The van der Waals surface area contributed by atoms with Crippen molar-refractivity contribution in [3.05, 3.63) is 64.2 Å². The van der Waals surface area contributed by atoms with Crippen molar-refractivity contribution in [1.82, 2.24) is 9.88 Å². The molecule has 2 aliphatic heterocycles. The van der Waals surface area contributed by atoms with Gasteiger partial charge in [-0.25, -0.2) is 4.98 Å². The number of aryl methyl sites for hydroxylation is 1. The van der Waals surface area contributed by atoms with E-state index in [1.165, 1.54) is 22.5 Å². The second kappa shape index (κ2) is 7.08. The highest BCUT2D eigenvalue weighted by Crippen LogP contribution is 2.36. The summed E-state index contributed by atoms with van der Waals surface area (Å²) < 4.78 is 10.8. The van der Waals surface area contributed by atoms with Crippen molar-refractivity contribution in [2.75, 3.05) is 18.7 Å². The van der Waals surface area contributed by atoms with Gasteiger partial charge in [0.1, 0.15) is 5.69 Å². The summed E-state index contributed by atoms with van der Waals surface area (Å²) >= 11 is 1.48. The van der Waals surface area contributed by atoms with Crippen LogP contribution in [-0.2, 0) is 6.42 Å². The first-order valence-corrected chi connectivity index (χ1v) is 10.4. The Bertz CT molecular complexity index is 1090. The molecule has 2 aliphatic rings. The number of aromatic nitrogens is 1. The standard InChI is InChI=1S/C22H21N3O3S/c1-13-17-6-4-3-5-15(17)9-10-25(13)21(26)20-14(2)29-22(24-20)23-16-7-8-18-19(11-16)28-12-27-18/h3-8,11,13H,9-10,12H2,1-2H3,(H,23,24). The van der Waals surface area contributed by atoms with Gasteiger partial charge >= 0.3 is 0 Å². The first kappa shape index (κ1) is 18.0. The Morgan fingerprint density at radius 1 is 1.21 bits per heavy atom. The number of nitrogens with zero attached hydrogens (tertiary/aromatic N) is 2. The number of thiazole rings is 1. The van der Waals surface area contributed by atoms with E-state index in [0.717, 1.165) is 22.7 Å². The van der Waals surface area contributed by atoms with Crippen molar-refractivity contribution in [3.63, 3.8) is 0 Å². The summed E-state index contributed by atoms with van der Waals surface area (Å²) in [6, 6.07) is 14.0. The van der Waals surface area contributed by atoms with Crippen LogP contribution < -0.4 is 14.8 Å². The number of carbonyl (C=O) groups is 1. The van der Waals surface area contributed by atoms with Crippen LogP contribution >= 0.6 is 11.3 Å². The van der Waals surface area contributed by atoms with Crippen molar-refractivity contribution in [2.24, 2.45) is 0 Å². The SMILES string of the molecule is Cc1sc(Nc2ccc3c(c2)OCO3)nc1C(=O)N1CCc2ccccc2C1C. The van der Waals surface area contributed by atoms with E-state index in [2.05, 4.69) is 35.4 Å². The Kier molecular flexibility index (Phi) is 4.39. The lowest BCUT2D eigenvalue weighted by molar-refractivity contribution is 0.0672. The number of rotatable bonds is 3. The molecule has 1 N–H and O–H groups in total. The first-order valence-electron chi connectivity index (χ1n) is 9.63. The molecule has 0 saturated carbocycles. The van der Waals surface area contributed by atoms with Crippen molar-refractivity contribution in [1.29, 1.82) is 0 Å². The number of hydrogen-bond donors (Lipinski definition) is 1. The smallest absolute Gasteiger partial charge is 0.274 e. The molecule has 0 fully saturated rings. The Morgan fingerprint density at radius 2 is 2.03 bits per heavy atom. The second-order valence-corrected chi connectivity index (χ2v) is 8.44. The van der Waals surface area contributed by atoms with Crippen molar-refractivity contribution >= 4 is 28.1 Å². The molecule has 0 saturated heterocycles. The van der Waals surface area contributed by atoms with Crippen LogP contribution in [0, 0.1) is 6.92 Å². The fraction of sp³-hybridized carbons (Fsp3) is 0.273. The molecule has 3 aromatic rings. The van der Waals surface area contributed by atoms with E-state index in [1.807, 2.05) is 36.1 Å². The fourth-order valence-electron chi connectivity index (χ4n) is 3.93. The van der Waals surface area contributed by atoms with Gasteiger partial charge < -0.3 is 19.7 Å². The zero-order chi connectivity index (χ0) is 20.0. The zero-order valence-electron chi connectivity index (χ0n) is 16.3. The van der Waals surface area contributed by atoms with Crippen molar-refractivity contribution in [3.8, 4) is 11.5 Å². The van der Waals surface area contributed by atoms with Gasteiger partial charge in [-0.05, 0) is 43.5 Å². The number of fused-ring (bicyclic) bond motifs is 2. The average molecular weight is 407 g/mol. The topological polar surface area (TPSA) is 63.7 Å². The fourth-order valence-corrected chi connectivity index (χ4v) is 4.76. The molecule has 0 radical (unpaired) electrons. The minimum atomic E-state index is -0.0144. The molecular formula is C22H21N3O3S. The molecule has 0 spiro atoms. The monoisotopic (exact) mass is 407 g/mol. The van der Waals surface area contributed by atoms with Crippen LogP contribution in [0.3, 0.4) is 0 Å². The van der Waals surface area contributed by atoms with Crippen molar-refractivity contribution in [2.45, 2.75) is 26.3 Å². The normalized spacial score (nSPS) is 17.2. The Balaban J connectivity index is 1.37. The maximum atomic E-state index is 13.3. The highest BCUT2D eigenvalue weighted by Gasteiger charge is 2.30.